The molecule has 0 saturated carbocycles. The van der Waals surface area contributed by atoms with Gasteiger partial charge in [0.15, 0.2) is 0 Å². The molecule has 73 valence electrons. The van der Waals surface area contributed by atoms with Gasteiger partial charge in [0, 0.05) is 0 Å². The van der Waals surface area contributed by atoms with Crippen LogP contribution in [0.25, 0.3) is 0 Å². The Labute approximate surface area is 82.7 Å². The number of unbranched alkanes of at least 4 members (excludes halogenated alkanes) is 3. The normalized spacial score (nSPS) is 17.5. The Hall–Kier alpha value is -0.520. The first-order valence-electron chi connectivity index (χ1n) is 5.62. The third kappa shape index (κ3) is 3.80. The van der Waals surface area contributed by atoms with E-state index in [9.17, 15) is 0 Å². The summed E-state index contributed by atoms with van der Waals surface area (Å²) >= 11 is 0. The lowest BCUT2D eigenvalue weighted by Crippen LogP contribution is -1.96. The van der Waals surface area contributed by atoms with Crippen LogP contribution in [0.2, 0.25) is 0 Å². The zero-order valence-corrected chi connectivity index (χ0v) is 8.97. The molecule has 0 aromatic heterocycles. The number of hydrogen-bond donors (Lipinski definition) is 0. The van der Waals surface area contributed by atoms with E-state index in [0.717, 1.165) is 12.3 Å². The summed E-state index contributed by atoms with van der Waals surface area (Å²) in [5, 5.41) is 0. The van der Waals surface area contributed by atoms with Crippen LogP contribution >= 0.6 is 0 Å². The third-order valence-electron chi connectivity index (χ3n) is 2.74. The highest BCUT2D eigenvalue weighted by Gasteiger charge is 2.07. The fraction of sp³-hybridized carbons (Fsp3) is 0.692. The lowest BCUT2D eigenvalue weighted by molar-refractivity contribution is 0.548. The van der Waals surface area contributed by atoms with Crippen LogP contribution in [0.3, 0.4) is 0 Å². The molecule has 0 spiro atoms. The predicted octanol–water partition coefficient (Wildman–Crippen LogP) is 4.28. The summed E-state index contributed by atoms with van der Waals surface area (Å²) < 4.78 is 0. The molecule has 0 N–H and O–H groups in total. The minimum atomic E-state index is 0.732. The van der Waals surface area contributed by atoms with Crippen molar-refractivity contribution >= 4 is 0 Å². The molecule has 0 nitrogen and oxygen atoms in total. The van der Waals surface area contributed by atoms with Crippen LogP contribution in [-0.2, 0) is 0 Å². The van der Waals surface area contributed by atoms with Crippen LogP contribution < -0.4 is 0 Å². The quantitative estimate of drug-likeness (QED) is 0.531. The van der Waals surface area contributed by atoms with Gasteiger partial charge in [0.25, 0.3) is 0 Å². The number of rotatable bonds is 6. The van der Waals surface area contributed by atoms with Crippen molar-refractivity contribution < 1.29 is 0 Å². The maximum atomic E-state index is 3.40. The second-order valence-corrected chi connectivity index (χ2v) is 3.99. The van der Waals surface area contributed by atoms with Crippen molar-refractivity contribution in [2.24, 2.45) is 5.92 Å². The summed E-state index contributed by atoms with van der Waals surface area (Å²) in [7, 11) is 0. The topological polar surface area (TPSA) is 0 Å². The minimum absolute atomic E-state index is 0.732. The van der Waals surface area contributed by atoms with Crippen LogP contribution in [-0.4, -0.2) is 0 Å². The summed E-state index contributed by atoms with van der Waals surface area (Å²) in [5.41, 5.74) is 1.44. The SMILES string of the molecule is CCCCCCC(C)C1=[C]CC=C1. The second kappa shape index (κ2) is 6.01. The van der Waals surface area contributed by atoms with Crippen LogP contribution in [0.5, 0.6) is 0 Å². The van der Waals surface area contributed by atoms with Crippen molar-refractivity contribution in [1.29, 1.82) is 0 Å². The zero-order chi connectivity index (χ0) is 9.52. The van der Waals surface area contributed by atoms with E-state index in [1.807, 2.05) is 0 Å². The molecular formula is C13H21. The van der Waals surface area contributed by atoms with Gasteiger partial charge in [0.1, 0.15) is 0 Å². The Morgan fingerprint density at radius 3 is 2.85 bits per heavy atom. The molecule has 0 fully saturated rings. The zero-order valence-electron chi connectivity index (χ0n) is 8.97. The van der Waals surface area contributed by atoms with E-state index in [2.05, 4.69) is 32.1 Å². The van der Waals surface area contributed by atoms with E-state index < -0.39 is 0 Å². The molecule has 1 atom stereocenters. The molecule has 13 heavy (non-hydrogen) atoms. The van der Waals surface area contributed by atoms with Crippen molar-refractivity contribution in [2.45, 2.75) is 52.4 Å². The smallest absolute Gasteiger partial charge is 0.00884 e. The molecule has 0 aromatic rings. The fourth-order valence-corrected chi connectivity index (χ4v) is 1.79. The Bertz CT molecular complexity index is 186. The molecule has 0 aliphatic heterocycles. The highest BCUT2D eigenvalue weighted by atomic mass is 14.1. The van der Waals surface area contributed by atoms with Gasteiger partial charge in [-0.05, 0) is 30.4 Å². The minimum Gasteiger partial charge on any atom is -0.0798 e. The predicted molar refractivity (Wildman–Crippen MR) is 58.4 cm³/mol. The summed E-state index contributed by atoms with van der Waals surface area (Å²) in [6, 6.07) is 0. The summed E-state index contributed by atoms with van der Waals surface area (Å²) in [5.74, 6) is 0.732. The van der Waals surface area contributed by atoms with Gasteiger partial charge in [-0.3, -0.25) is 0 Å². The van der Waals surface area contributed by atoms with Crippen LogP contribution in [0, 0.1) is 12.0 Å². The Morgan fingerprint density at radius 1 is 1.38 bits per heavy atom. The lowest BCUT2D eigenvalue weighted by Gasteiger charge is -2.10. The molecule has 0 aromatic carbocycles. The van der Waals surface area contributed by atoms with Crippen LogP contribution in [0.1, 0.15) is 52.4 Å². The maximum Gasteiger partial charge on any atom is -0.00884 e. The van der Waals surface area contributed by atoms with Crippen molar-refractivity contribution in [3.63, 3.8) is 0 Å². The first-order chi connectivity index (χ1) is 6.34. The Balaban J connectivity index is 2.10. The number of allylic oxidation sites excluding steroid dienone is 4. The van der Waals surface area contributed by atoms with E-state index in [0.29, 0.717) is 0 Å². The average Bonchev–Trinajstić information content (AvgIpc) is 2.65. The fourth-order valence-electron chi connectivity index (χ4n) is 1.79. The van der Waals surface area contributed by atoms with Crippen molar-refractivity contribution in [3.8, 4) is 0 Å². The molecule has 0 heteroatoms. The van der Waals surface area contributed by atoms with Crippen LogP contribution in [0.4, 0.5) is 0 Å². The van der Waals surface area contributed by atoms with Gasteiger partial charge >= 0.3 is 0 Å². The number of hydrogen-bond acceptors (Lipinski definition) is 0. The molecule has 1 aliphatic carbocycles. The first-order valence-corrected chi connectivity index (χ1v) is 5.62. The standard InChI is InChI=1S/C13H21/c1-3-4-5-6-9-12(2)13-10-7-8-11-13/h7,10,12H,3-6,8-9H2,1-2H3. The van der Waals surface area contributed by atoms with Crippen molar-refractivity contribution in [1.82, 2.24) is 0 Å². The maximum absolute atomic E-state index is 3.40. The molecule has 1 unspecified atom stereocenters. The average molecular weight is 177 g/mol. The Kier molecular flexibility index (Phi) is 4.88. The van der Waals surface area contributed by atoms with Crippen molar-refractivity contribution in [3.05, 3.63) is 23.8 Å². The van der Waals surface area contributed by atoms with Crippen molar-refractivity contribution in [2.75, 3.05) is 0 Å². The van der Waals surface area contributed by atoms with Gasteiger partial charge in [-0.1, -0.05) is 51.7 Å². The first kappa shape index (κ1) is 10.6. The highest BCUT2D eigenvalue weighted by molar-refractivity contribution is 5.24. The molecule has 0 saturated heterocycles. The largest absolute Gasteiger partial charge is 0.0798 e. The van der Waals surface area contributed by atoms with E-state index in [-0.39, 0.29) is 0 Å². The molecule has 1 rings (SSSR count). The molecule has 1 radical (unpaired) electrons. The van der Waals surface area contributed by atoms with Gasteiger partial charge in [-0.15, -0.1) is 0 Å². The summed E-state index contributed by atoms with van der Waals surface area (Å²) in [6.45, 7) is 4.59. The van der Waals surface area contributed by atoms with E-state index in [1.165, 1.54) is 37.7 Å². The summed E-state index contributed by atoms with van der Waals surface area (Å²) in [4.78, 5) is 0. The summed E-state index contributed by atoms with van der Waals surface area (Å²) in [6.07, 6.45) is 15.7. The molecule has 1 aliphatic rings. The van der Waals surface area contributed by atoms with Gasteiger partial charge < -0.3 is 0 Å². The van der Waals surface area contributed by atoms with Gasteiger partial charge in [0.2, 0.25) is 0 Å². The molecule has 0 heterocycles. The van der Waals surface area contributed by atoms with Gasteiger partial charge in [-0.2, -0.15) is 0 Å². The van der Waals surface area contributed by atoms with E-state index >= 15 is 0 Å². The van der Waals surface area contributed by atoms with E-state index in [4.69, 9.17) is 0 Å². The highest BCUT2D eigenvalue weighted by Crippen LogP contribution is 2.22. The Morgan fingerprint density at radius 2 is 2.23 bits per heavy atom. The lowest BCUT2D eigenvalue weighted by atomic mass is 9.95. The van der Waals surface area contributed by atoms with Crippen LogP contribution in [0.15, 0.2) is 17.7 Å². The molecule has 0 bridgehead atoms. The van der Waals surface area contributed by atoms with Gasteiger partial charge in [0.05, 0.1) is 0 Å². The molecule has 0 amide bonds. The monoisotopic (exact) mass is 177 g/mol. The second-order valence-electron chi connectivity index (χ2n) is 3.99. The third-order valence-corrected chi connectivity index (χ3v) is 2.74. The molecular weight excluding hydrogens is 156 g/mol. The van der Waals surface area contributed by atoms with E-state index in [1.54, 1.807) is 0 Å². The van der Waals surface area contributed by atoms with Gasteiger partial charge in [-0.25, -0.2) is 0 Å².